The molecule has 1 aliphatic rings. The van der Waals surface area contributed by atoms with Crippen LogP contribution in [-0.4, -0.2) is 53.2 Å². The van der Waals surface area contributed by atoms with Gasteiger partial charge in [0.1, 0.15) is 0 Å². The van der Waals surface area contributed by atoms with Crippen LogP contribution >= 0.6 is 0 Å². The summed E-state index contributed by atoms with van der Waals surface area (Å²) in [5, 5.41) is 2.72. The number of carbonyl (C=O) groups excluding carboxylic acids is 1. The molecule has 1 fully saturated rings. The molecule has 1 aromatic rings. The quantitative estimate of drug-likeness (QED) is 0.852. The van der Waals surface area contributed by atoms with Gasteiger partial charge in [-0.2, -0.15) is 0 Å². The first kappa shape index (κ1) is 16.4. The number of hydrogen-bond donors (Lipinski definition) is 1. The second-order valence-electron chi connectivity index (χ2n) is 4.99. The van der Waals surface area contributed by atoms with Crippen molar-refractivity contribution in [3.05, 3.63) is 17.7 Å². The van der Waals surface area contributed by atoms with Gasteiger partial charge in [0, 0.05) is 11.6 Å². The van der Waals surface area contributed by atoms with Crippen LogP contribution in [0.2, 0.25) is 0 Å². The van der Waals surface area contributed by atoms with Crippen molar-refractivity contribution in [2.75, 3.05) is 32.8 Å². The van der Waals surface area contributed by atoms with Crippen LogP contribution in [-0.2, 0) is 9.84 Å². The molecule has 0 aliphatic carbocycles. The molecule has 1 amide bonds. The molecule has 0 saturated carbocycles. The molecular weight excluding hydrogens is 310 g/mol. The molecule has 0 aromatic heterocycles. The molecule has 1 unspecified atom stereocenters. The van der Waals surface area contributed by atoms with Gasteiger partial charge in [-0.25, -0.2) is 8.42 Å². The Morgan fingerprint density at radius 3 is 2.14 bits per heavy atom. The zero-order valence-corrected chi connectivity index (χ0v) is 13.5. The van der Waals surface area contributed by atoms with Crippen molar-refractivity contribution in [1.82, 2.24) is 5.32 Å². The van der Waals surface area contributed by atoms with E-state index >= 15 is 0 Å². The van der Waals surface area contributed by atoms with E-state index in [2.05, 4.69) is 5.32 Å². The zero-order chi connectivity index (χ0) is 16.3. The molecule has 1 N–H and O–H groups in total. The molecule has 1 aliphatic heterocycles. The highest BCUT2D eigenvalue weighted by atomic mass is 32.2. The third-order valence-electron chi connectivity index (χ3n) is 3.49. The molecule has 2 rings (SSSR count). The Labute approximate surface area is 129 Å². The summed E-state index contributed by atoms with van der Waals surface area (Å²) in [4.78, 5) is 12.3. The normalized spacial score (nSPS) is 19.5. The lowest BCUT2D eigenvalue weighted by Crippen LogP contribution is -2.35. The predicted molar refractivity (Wildman–Crippen MR) is 80.6 cm³/mol. The van der Waals surface area contributed by atoms with Gasteiger partial charge in [-0.05, 0) is 18.6 Å². The second kappa shape index (κ2) is 6.43. The fourth-order valence-corrected chi connectivity index (χ4v) is 4.06. The fourth-order valence-electron chi connectivity index (χ4n) is 2.39. The van der Waals surface area contributed by atoms with Crippen molar-refractivity contribution in [1.29, 1.82) is 0 Å². The zero-order valence-electron chi connectivity index (χ0n) is 12.7. The number of amides is 1. The maximum atomic E-state index is 12.3. The van der Waals surface area contributed by atoms with E-state index in [0.29, 0.717) is 29.2 Å². The van der Waals surface area contributed by atoms with E-state index in [1.807, 2.05) is 0 Å². The maximum Gasteiger partial charge on any atom is 0.251 e. The topological polar surface area (TPSA) is 90.9 Å². The molecule has 0 spiro atoms. The minimum Gasteiger partial charge on any atom is -0.493 e. The van der Waals surface area contributed by atoms with Gasteiger partial charge in [0.05, 0.1) is 32.8 Å². The van der Waals surface area contributed by atoms with Crippen molar-refractivity contribution >= 4 is 15.7 Å². The van der Waals surface area contributed by atoms with Crippen LogP contribution in [0.5, 0.6) is 17.2 Å². The lowest BCUT2D eigenvalue weighted by atomic mass is 10.1. The Kier molecular flexibility index (Phi) is 4.80. The highest BCUT2D eigenvalue weighted by Gasteiger charge is 2.29. The summed E-state index contributed by atoms with van der Waals surface area (Å²) in [6.45, 7) is 0. The van der Waals surface area contributed by atoms with Crippen LogP contribution in [0.1, 0.15) is 16.8 Å². The number of sulfone groups is 1. The minimum absolute atomic E-state index is 0.0246. The number of benzene rings is 1. The first-order valence-corrected chi connectivity index (χ1v) is 8.53. The van der Waals surface area contributed by atoms with Gasteiger partial charge >= 0.3 is 0 Å². The molecule has 22 heavy (non-hydrogen) atoms. The Hall–Kier alpha value is -1.96. The molecule has 8 heteroatoms. The molecular formula is C14H19NO6S. The van der Waals surface area contributed by atoms with Crippen molar-refractivity contribution in [2.45, 2.75) is 12.5 Å². The summed E-state index contributed by atoms with van der Waals surface area (Å²) >= 11 is 0. The molecule has 1 heterocycles. The van der Waals surface area contributed by atoms with Gasteiger partial charge in [0.25, 0.3) is 5.91 Å². The van der Waals surface area contributed by atoms with Crippen LogP contribution in [0.3, 0.4) is 0 Å². The third-order valence-corrected chi connectivity index (χ3v) is 5.26. The van der Waals surface area contributed by atoms with E-state index in [1.165, 1.54) is 33.5 Å². The van der Waals surface area contributed by atoms with Crippen LogP contribution in [0.25, 0.3) is 0 Å². The smallest absolute Gasteiger partial charge is 0.251 e. The Morgan fingerprint density at radius 1 is 1.14 bits per heavy atom. The van der Waals surface area contributed by atoms with Crippen molar-refractivity contribution in [2.24, 2.45) is 0 Å². The average molecular weight is 329 g/mol. The summed E-state index contributed by atoms with van der Waals surface area (Å²) in [5.74, 6) is 0.833. The van der Waals surface area contributed by atoms with Crippen LogP contribution in [0.4, 0.5) is 0 Å². The van der Waals surface area contributed by atoms with E-state index < -0.39 is 9.84 Å². The predicted octanol–water partition coefficient (Wildman–Crippen LogP) is 0.629. The van der Waals surface area contributed by atoms with Gasteiger partial charge in [0.15, 0.2) is 21.3 Å². The van der Waals surface area contributed by atoms with E-state index in [0.717, 1.165) is 0 Å². The third kappa shape index (κ3) is 3.44. The molecule has 7 nitrogen and oxygen atoms in total. The van der Waals surface area contributed by atoms with Gasteiger partial charge in [-0.3, -0.25) is 4.79 Å². The molecule has 122 valence electrons. The summed E-state index contributed by atoms with van der Waals surface area (Å²) < 4.78 is 38.4. The number of hydrogen-bond acceptors (Lipinski definition) is 6. The first-order valence-electron chi connectivity index (χ1n) is 6.71. The molecule has 0 radical (unpaired) electrons. The number of ether oxygens (including phenoxy) is 3. The van der Waals surface area contributed by atoms with Gasteiger partial charge in [-0.1, -0.05) is 0 Å². The molecule has 1 saturated heterocycles. The molecule has 1 atom stereocenters. The van der Waals surface area contributed by atoms with E-state index in [-0.39, 0.29) is 23.5 Å². The van der Waals surface area contributed by atoms with E-state index in [4.69, 9.17) is 14.2 Å². The summed E-state index contributed by atoms with van der Waals surface area (Å²) in [7, 11) is 1.35. The van der Waals surface area contributed by atoms with Gasteiger partial charge in [-0.15, -0.1) is 0 Å². The lowest BCUT2D eigenvalue weighted by Gasteiger charge is -2.15. The number of nitrogens with one attached hydrogen (secondary N) is 1. The fraction of sp³-hybridized carbons (Fsp3) is 0.500. The second-order valence-corrected chi connectivity index (χ2v) is 7.22. The van der Waals surface area contributed by atoms with E-state index in [1.54, 1.807) is 0 Å². The summed E-state index contributed by atoms with van der Waals surface area (Å²) in [6, 6.07) is 2.69. The Morgan fingerprint density at radius 2 is 1.73 bits per heavy atom. The Balaban J connectivity index is 2.23. The van der Waals surface area contributed by atoms with Crippen molar-refractivity contribution in [3.63, 3.8) is 0 Å². The van der Waals surface area contributed by atoms with Gasteiger partial charge in [0.2, 0.25) is 5.75 Å². The average Bonchev–Trinajstić information content (AvgIpc) is 2.84. The SMILES string of the molecule is COc1cc(C(=O)NC2CCS(=O)(=O)C2)cc(OC)c1OC. The number of methoxy groups -OCH3 is 3. The Bertz CT molecular complexity index is 645. The number of rotatable bonds is 5. The molecule has 1 aromatic carbocycles. The van der Waals surface area contributed by atoms with Crippen LogP contribution in [0.15, 0.2) is 12.1 Å². The summed E-state index contributed by atoms with van der Waals surface area (Å²) in [5.41, 5.74) is 0.318. The monoisotopic (exact) mass is 329 g/mol. The highest BCUT2D eigenvalue weighted by molar-refractivity contribution is 7.91. The lowest BCUT2D eigenvalue weighted by molar-refractivity contribution is 0.0940. The first-order chi connectivity index (χ1) is 10.4. The standard InChI is InChI=1S/C14H19NO6S/c1-19-11-6-9(7-12(20-2)13(11)21-3)14(16)15-10-4-5-22(17,18)8-10/h6-7,10H,4-5,8H2,1-3H3,(H,15,16). The van der Waals surface area contributed by atoms with Crippen LogP contribution in [0, 0.1) is 0 Å². The maximum absolute atomic E-state index is 12.3. The molecule has 0 bridgehead atoms. The largest absolute Gasteiger partial charge is 0.493 e. The number of carbonyl (C=O) groups is 1. The van der Waals surface area contributed by atoms with Crippen molar-refractivity contribution < 1.29 is 27.4 Å². The highest BCUT2D eigenvalue weighted by Crippen LogP contribution is 2.38. The van der Waals surface area contributed by atoms with Crippen LogP contribution < -0.4 is 19.5 Å². The van der Waals surface area contributed by atoms with Crippen molar-refractivity contribution in [3.8, 4) is 17.2 Å². The van der Waals surface area contributed by atoms with E-state index in [9.17, 15) is 13.2 Å². The minimum atomic E-state index is -3.04. The summed E-state index contributed by atoms with van der Waals surface area (Å²) in [6.07, 6.45) is 0.429. The van der Waals surface area contributed by atoms with Gasteiger partial charge < -0.3 is 19.5 Å².